The minimum absolute atomic E-state index is 0.0481. The van der Waals surface area contributed by atoms with Crippen molar-refractivity contribution in [3.63, 3.8) is 0 Å². The predicted octanol–water partition coefficient (Wildman–Crippen LogP) is 4.84. The van der Waals surface area contributed by atoms with Crippen LogP contribution >= 0.6 is 0 Å². The first-order chi connectivity index (χ1) is 9.63. The summed E-state index contributed by atoms with van der Waals surface area (Å²) >= 11 is 0. The molecule has 3 heteroatoms. The van der Waals surface area contributed by atoms with Crippen LogP contribution in [0.25, 0.3) is 0 Å². The molecule has 1 aliphatic rings. The van der Waals surface area contributed by atoms with Crippen molar-refractivity contribution in [2.75, 3.05) is 5.32 Å². The molecule has 1 atom stereocenters. The predicted molar refractivity (Wildman–Crippen MR) is 76.6 cm³/mol. The van der Waals surface area contributed by atoms with Crippen molar-refractivity contribution < 1.29 is 8.78 Å². The molecule has 1 nitrogen and oxygen atoms in total. The number of benzene rings is 2. The van der Waals surface area contributed by atoms with Gasteiger partial charge in [0.25, 0.3) is 0 Å². The Hall–Kier alpha value is -1.90. The van der Waals surface area contributed by atoms with Gasteiger partial charge in [0.2, 0.25) is 0 Å². The van der Waals surface area contributed by atoms with Crippen LogP contribution in [-0.4, -0.2) is 0 Å². The largest absolute Gasteiger partial charge is 0.376 e. The van der Waals surface area contributed by atoms with Crippen molar-refractivity contribution in [1.29, 1.82) is 0 Å². The highest BCUT2D eigenvalue weighted by molar-refractivity contribution is 5.48. The molecule has 0 spiro atoms. The van der Waals surface area contributed by atoms with Crippen LogP contribution in [0.3, 0.4) is 0 Å². The second-order valence-corrected chi connectivity index (χ2v) is 5.49. The Bertz CT molecular complexity index is 603. The standard InChI is InChI=1S/C17H17F2N/c1-11-2-4-12(5-3-11)17(13-6-7-13)20-16-10-14(18)8-9-15(16)19/h2-5,8-10,13,17,20H,6-7H2,1H3. The maximum Gasteiger partial charge on any atom is 0.146 e. The summed E-state index contributed by atoms with van der Waals surface area (Å²) in [5.74, 6) is -0.336. The van der Waals surface area contributed by atoms with E-state index in [1.165, 1.54) is 11.6 Å². The molecule has 0 radical (unpaired) electrons. The molecule has 3 rings (SSSR count). The van der Waals surface area contributed by atoms with E-state index in [9.17, 15) is 8.78 Å². The van der Waals surface area contributed by atoms with Crippen LogP contribution in [0.2, 0.25) is 0 Å². The molecule has 0 aliphatic heterocycles. The minimum Gasteiger partial charge on any atom is -0.376 e. The first-order valence-electron chi connectivity index (χ1n) is 6.91. The number of aryl methyl sites for hydroxylation is 1. The number of hydrogen-bond donors (Lipinski definition) is 1. The molecule has 2 aromatic rings. The lowest BCUT2D eigenvalue weighted by Crippen LogP contribution is -2.14. The lowest BCUT2D eigenvalue weighted by molar-refractivity contribution is 0.594. The lowest BCUT2D eigenvalue weighted by Gasteiger charge is -2.20. The molecule has 0 heterocycles. The van der Waals surface area contributed by atoms with E-state index >= 15 is 0 Å². The van der Waals surface area contributed by atoms with Gasteiger partial charge in [-0.3, -0.25) is 0 Å². The number of rotatable bonds is 4. The Morgan fingerprint density at radius 3 is 2.40 bits per heavy atom. The van der Waals surface area contributed by atoms with Crippen molar-refractivity contribution in [2.45, 2.75) is 25.8 Å². The molecule has 0 saturated heterocycles. The van der Waals surface area contributed by atoms with Crippen molar-refractivity contribution in [1.82, 2.24) is 0 Å². The van der Waals surface area contributed by atoms with Gasteiger partial charge in [-0.25, -0.2) is 8.78 Å². The Morgan fingerprint density at radius 2 is 1.75 bits per heavy atom. The van der Waals surface area contributed by atoms with E-state index in [1.54, 1.807) is 0 Å². The van der Waals surface area contributed by atoms with Gasteiger partial charge in [-0.1, -0.05) is 29.8 Å². The third-order valence-corrected chi connectivity index (χ3v) is 3.77. The van der Waals surface area contributed by atoms with Crippen LogP contribution < -0.4 is 5.32 Å². The second-order valence-electron chi connectivity index (χ2n) is 5.49. The fourth-order valence-electron chi connectivity index (χ4n) is 2.45. The van der Waals surface area contributed by atoms with Gasteiger partial charge < -0.3 is 5.32 Å². The number of nitrogens with one attached hydrogen (secondary N) is 1. The summed E-state index contributed by atoms with van der Waals surface area (Å²) in [5.41, 5.74) is 2.56. The van der Waals surface area contributed by atoms with E-state index in [-0.39, 0.29) is 11.7 Å². The molecule has 0 aromatic heterocycles. The normalized spacial score (nSPS) is 15.9. The van der Waals surface area contributed by atoms with Gasteiger partial charge in [0.05, 0.1) is 11.7 Å². The Morgan fingerprint density at radius 1 is 1.05 bits per heavy atom. The van der Waals surface area contributed by atoms with E-state index < -0.39 is 11.6 Å². The monoisotopic (exact) mass is 273 g/mol. The summed E-state index contributed by atoms with van der Waals surface area (Å²) in [6.07, 6.45) is 2.25. The van der Waals surface area contributed by atoms with Crippen molar-refractivity contribution in [2.24, 2.45) is 5.92 Å². The Kier molecular flexibility index (Phi) is 3.43. The van der Waals surface area contributed by atoms with Crippen LogP contribution in [-0.2, 0) is 0 Å². The molecule has 20 heavy (non-hydrogen) atoms. The molecule has 1 fully saturated rings. The summed E-state index contributed by atoms with van der Waals surface area (Å²) in [4.78, 5) is 0. The number of anilines is 1. The number of halogens is 2. The SMILES string of the molecule is Cc1ccc(C(Nc2cc(F)ccc2F)C2CC2)cc1. The zero-order chi connectivity index (χ0) is 14.1. The molecular formula is C17H17F2N. The van der Waals surface area contributed by atoms with Crippen molar-refractivity contribution in [3.8, 4) is 0 Å². The second kappa shape index (κ2) is 5.23. The Balaban J connectivity index is 1.88. The molecule has 1 saturated carbocycles. The first-order valence-corrected chi connectivity index (χ1v) is 6.91. The average Bonchev–Trinajstić information content (AvgIpc) is 3.25. The fraction of sp³-hybridized carbons (Fsp3) is 0.294. The molecule has 2 aromatic carbocycles. The highest BCUT2D eigenvalue weighted by Crippen LogP contribution is 2.43. The minimum atomic E-state index is -0.424. The van der Waals surface area contributed by atoms with Crippen molar-refractivity contribution >= 4 is 5.69 Å². The van der Waals surface area contributed by atoms with Gasteiger partial charge in [-0.15, -0.1) is 0 Å². The van der Waals surface area contributed by atoms with Gasteiger partial charge >= 0.3 is 0 Å². The van der Waals surface area contributed by atoms with Crippen LogP contribution in [0.15, 0.2) is 42.5 Å². The zero-order valence-electron chi connectivity index (χ0n) is 11.4. The van der Waals surface area contributed by atoms with Crippen LogP contribution in [0.1, 0.15) is 30.0 Å². The van der Waals surface area contributed by atoms with Gasteiger partial charge in [-0.05, 0) is 49.4 Å². The van der Waals surface area contributed by atoms with E-state index in [1.807, 2.05) is 19.1 Å². The summed E-state index contributed by atoms with van der Waals surface area (Å²) < 4.78 is 27.0. The molecular weight excluding hydrogens is 256 g/mol. The topological polar surface area (TPSA) is 12.0 Å². The maximum absolute atomic E-state index is 13.8. The summed E-state index contributed by atoms with van der Waals surface area (Å²) in [6, 6.07) is 11.8. The van der Waals surface area contributed by atoms with Crippen molar-refractivity contribution in [3.05, 3.63) is 65.2 Å². The third kappa shape index (κ3) is 2.82. The van der Waals surface area contributed by atoms with E-state index in [4.69, 9.17) is 0 Å². The Labute approximate surface area is 117 Å². The third-order valence-electron chi connectivity index (χ3n) is 3.77. The van der Waals surface area contributed by atoms with Gasteiger partial charge in [-0.2, -0.15) is 0 Å². The average molecular weight is 273 g/mol. The lowest BCUT2D eigenvalue weighted by atomic mass is 10.0. The molecule has 0 amide bonds. The first kappa shape index (κ1) is 13.1. The van der Waals surface area contributed by atoms with Crippen LogP contribution in [0.5, 0.6) is 0 Å². The highest BCUT2D eigenvalue weighted by atomic mass is 19.1. The van der Waals surface area contributed by atoms with Gasteiger partial charge in [0.1, 0.15) is 11.6 Å². The van der Waals surface area contributed by atoms with E-state index in [0.29, 0.717) is 5.92 Å². The molecule has 104 valence electrons. The maximum atomic E-state index is 13.8. The summed E-state index contributed by atoms with van der Waals surface area (Å²) in [7, 11) is 0. The van der Waals surface area contributed by atoms with Gasteiger partial charge in [0, 0.05) is 0 Å². The fourth-order valence-corrected chi connectivity index (χ4v) is 2.45. The van der Waals surface area contributed by atoms with E-state index in [2.05, 4.69) is 17.4 Å². The quantitative estimate of drug-likeness (QED) is 0.840. The van der Waals surface area contributed by atoms with Crippen LogP contribution in [0.4, 0.5) is 14.5 Å². The van der Waals surface area contributed by atoms with E-state index in [0.717, 1.165) is 30.5 Å². The van der Waals surface area contributed by atoms with Crippen LogP contribution in [0, 0.1) is 24.5 Å². The molecule has 0 bridgehead atoms. The number of hydrogen-bond acceptors (Lipinski definition) is 1. The summed E-state index contributed by atoms with van der Waals surface area (Å²) in [6.45, 7) is 2.04. The molecule has 1 aliphatic carbocycles. The summed E-state index contributed by atoms with van der Waals surface area (Å²) in [5, 5.41) is 3.17. The molecule has 1 N–H and O–H groups in total. The smallest absolute Gasteiger partial charge is 0.146 e. The highest BCUT2D eigenvalue weighted by Gasteiger charge is 2.32. The zero-order valence-corrected chi connectivity index (χ0v) is 11.4. The van der Waals surface area contributed by atoms with Gasteiger partial charge in [0.15, 0.2) is 0 Å². The molecule has 1 unspecified atom stereocenters.